The molecule has 0 saturated carbocycles. The number of carbonyl (C=O) groups is 2. The van der Waals surface area contributed by atoms with Crippen molar-refractivity contribution >= 4 is 68.9 Å². The van der Waals surface area contributed by atoms with Gasteiger partial charge in [0.05, 0.1) is 0 Å². The number of para-hydroxylation sites is 2. The van der Waals surface area contributed by atoms with E-state index in [9.17, 15) is 9.59 Å². The van der Waals surface area contributed by atoms with Crippen LogP contribution in [-0.4, -0.2) is 57.1 Å². The van der Waals surface area contributed by atoms with Gasteiger partial charge in [0, 0.05) is 71.2 Å². The number of ether oxygens (including phenoxy) is 2. The molecule has 4 aromatic rings. The molecule has 0 aliphatic rings. The van der Waals surface area contributed by atoms with Gasteiger partial charge in [0.15, 0.2) is 11.5 Å². The summed E-state index contributed by atoms with van der Waals surface area (Å²) >= 11 is 0. The number of hydrogen-bond donors (Lipinski definition) is 0. The molecule has 2 aromatic carbocycles. The molecule has 9 nitrogen and oxygen atoms in total. The van der Waals surface area contributed by atoms with E-state index in [1.165, 1.54) is 0 Å². The smallest absolute Gasteiger partial charge is 0.310 e. The van der Waals surface area contributed by atoms with E-state index in [2.05, 4.69) is 9.97 Å². The summed E-state index contributed by atoms with van der Waals surface area (Å²) in [6.45, 7) is 3.53. The van der Waals surface area contributed by atoms with Crippen LogP contribution in [0.3, 0.4) is 0 Å². The largest absolute Gasteiger partial charge is 2.00 e. The van der Waals surface area contributed by atoms with E-state index in [0.29, 0.717) is 24.3 Å². The molecule has 0 bridgehead atoms. The first-order chi connectivity index (χ1) is 14.6. The normalized spacial score (nSPS) is 8.27. The van der Waals surface area contributed by atoms with Gasteiger partial charge < -0.3 is 50.7 Å². The Morgan fingerprint density at radius 2 is 0.946 bits per heavy atom. The second-order valence-corrected chi connectivity index (χ2v) is 6.32. The van der Waals surface area contributed by atoms with Crippen molar-refractivity contribution in [3.8, 4) is 11.5 Å². The van der Waals surface area contributed by atoms with Crippen molar-refractivity contribution in [1.29, 1.82) is 0 Å². The Morgan fingerprint density at radius 1 is 0.622 bits per heavy atom. The van der Waals surface area contributed by atoms with Gasteiger partial charge in [-0.3, -0.25) is 19.6 Å². The number of halogens is 2. The van der Waals surface area contributed by atoms with Gasteiger partial charge >= 0.3 is 11.9 Å². The molecule has 0 atom stereocenters. The van der Waals surface area contributed by atoms with E-state index in [1.54, 1.807) is 38.4 Å². The molecule has 4 rings (SSSR count). The molecular weight excluding hydrogens is 644 g/mol. The Bertz CT molecular complexity index is 1100. The van der Waals surface area contributed by atoms with Gasteiger partial charge in [0.1, 0.15) is 11.0 Å². The SMILES string of the molecule is CCC(=O)Oc1cccc2cccnc12.CCC(=O)Oc1cccc2cccnc12.[Cl-].[Cl-].[Ge].[Ge].[O-2].[O-2].[O-2]. The molecule has 0 aliphatic carbocycles. The van der Waals surface area contributed by atoms with Gasteiger partial charge in [0.25, 0.3) is 0 Å². The fourth-order valence-electron chi connectivity index (χ4n) is 2.71. The maximum absolute atomic E-state index is 11.2. The third-order valence-corrected chi connectivity index (χ3v) is 4.22. The van der Waals surface area contributed by atoms with E-state index < -0.39 is 0 Å². The standard InChI is InChI=1S/2C12H11NO2.2ClH.2Ge.3O/c2*1-2-11(14)15-10-7-3-5-9-6-4-8-13-12(9)10;;;;;;;/h2*3-8H,2H2,1H3;2*1H;;;;;/q;;;;;;3*-2/p-2. The third-order valence-electron chi connectivity index (χ3n) is 4.22. The van der Waals surface area contributed by atoms with E-state index in [0.717, 1.165) is 21.8 Å². The Balaban J connectivity index is -0.000000155. The fraction of sp³-hybridized carbons (Fsp3) is 0.167. The van der Waals surface area contributed by atoms with Gasteiger partial charge in [-0.25, -0.2) is 0 Å². The molecule has 37 heavy (non-hydrogen) atoms. The van der Waals surface area contributed by atoms with Crippen LogP contribution in [0, 0.1) is 0 Å². The van der Waals surface area contributed by atoms with E-state index >= 15 is 0 Å². The van der Waals surface area contributed by atoms with E-state index in [1.807, 2.05) is 48.5 Å². The molecule has 8 radical (unpaired) electrons. The minimum absolute atomic E-state index is 0. The van der Waals surface area contributed by atoms with Crippen LogP contribution in [0.1, 0.15) is 26.7 Å². The summed E-state index contributed by atoms with van der Waals surface area (Å²) < 4.78 is 10.4. The number of benzene rings is 2. The van der Waals surface area contributed by atoms with Crippen LogP contribution in [0.2, 0.25) is 0 Å². The number of rotatable bonds is 4. The number of fused-ring (bicyclic) bond motifs is 2. The minimum Gasteiger partial charge on any atom is -2.00 e. The number of nitrogens with zero attached hydrogens (tertiary/aromatic N) is 2. The number of aromatic nitrogens is 2. The van der Waals surface area contributed by atoms with Crippen molar-refractivity contribution in [2.24, 2.45) is 0 Å². The van der Waals surface area contributed by atoms with Crippen LogP contribution < -0.4 is 34.3 Å². The molecule has 2 aromatic heterocycles. The van der Waals surface area contributed by atoms with Crippen molar-refractivity contribution in [3.05, 3.63) is 73.1 Å². The van der Waals surface area contributed by atoms with Crippen LogP contribution in [0.5, 0.6) is 11.5 Å². The first-order valence-corrected chi connectivity index (χ1v) is 9.71. The molecule has 0 amide bonds. The second kappa shape index (κ2) is 22.9. The Kier molecular flexibility index (Phi) is 27.7. The summed E-state index contributed by atoms with van der Waals surface area (Å²) in [5.74, 6) is 0.571. The van der Waals surface area contributed by atoms with Gasteiger partial charge in [-0.1, -0.05) is 50.2 Å². The predicted octanol–water partition coefficient (Wildman–Crippen LogP) is -2.01. The van der Waals surface area contributed by atoms with Crippen LogP contribution in [0.25, 0.3) is 21.8 Å². The first-order valence-electron chi connectivity index (χ1n) is 9.71. The van der Waals surface area contributed by atoms with Crippen molar-refractivity contribution in [2.45, 2.75) is 26.7 Å². The molecule has 0 aliphatic heterocycles. The zero-order valence-corrected chi connectivity index (χ0v) is 25.6. The quantitative estimate of drug-likeness (QED) is 0.139. The topological polar surface area (TPSA) is 164 Å². The summed E-state index contributed by atoms with van der Waals surface area (Å²) in [6.07, 6.45) is 4.10. The molecule has 200 valence electrons. The van der Waals surface area contributed by atoms with Crippen molar-refractivity contribution in [1.82, 2.24) is 9.97 Å². The summed E-state index contributed by atoms with van der Waals surface area (Å²) in [4.78, 5) is 30.7. The zero-order chi connectivity index (χ0) is 21.3. The number of pyridine rings is 2. The van der Waals surface area contributed by atoms with Crippen LogP contribution in [-0.2, 0) is 26.0 Å². The molecule has 0 saturated heterocycles. The van der Waals surface area contributed by atoms with Gasteiger partial charge in [-0.2, -0.15) is 0 Å². The molecule has 0 fully saturated rings. The summed E-state index contributed by atoms with van der Waals surface area (Å²) in [7, 11) is 0. The molecular formula is C24H22Cl2Ge2N2O7-8. The third kappa shape index (κ3) is 12.7. The molecule has 13 heteroatoms. The predicted molar refractivity (Wildman–Crippen MR) is 129 cm³/mol. The number of carbonyl (C=O) groups excluding carboxylic acids is 2. The van der Waals surface area contributed by atoms with Gasteiger partial charge in [-0.15, -0.1) is 0 Å². The van der Waals surface area contributed by atoms with Crippen LogP contribution >= 0.6 is 0 Å². The molecule has 2 heterocycles. The molecule has 0 spiro atoms. The van der Waals surface area contributed by atoms with Crippen LogP contribution in [0.4, 0.5) is 0 Å². The Labute approximate surface area is 249 Å². The maximum atomic E-state index is 11.2. The minimum atomic E-state index is -0.242. The first kappa shape index (κ1) is 44.7. The average Bonchev–Trinajstić information content (AvgIpc) is 2.80. The summed E-state index contributed by atoms with van der Waals surface area (Å²) in [5.41, 5.74) is 1.45. The molecule has 0 unspecified atom stereocenters. The van der Waals surface area contributed by atoms with Gasteiger partial charge in [-0.05, 0) is 24.3 Å². The summed E-state index contributed by atoms with van der Waals surface area (Å²) in [5, 5.41) is 1.94. The maximum Gasteiger partial charge on any atom is 0.310 e. The van der Waals surface area contributed by atoms with Crippen molar-refractivity contribution < 1.29 is 60.3 Å². The number of esters is 2. The monoisotopic (exact) mass is 668 g/mol. The fourth-order valence-corrected chi connectivity index (χ4v) is 2.71. The van der Waals surface area contributed by atoms with E-state index in [-0.39, 0.29) is 88.4 Å². The van der Waals surface area contributed by atoms with E-state index in [4.69, 9.17) is 9.47 Å². The molecule has 0 N–H and O–H groups in total. The van der Waals surface area contributed by atoms with Gasteiger partial charge in [0.2, 0.25) is 0 Å². The Hall–Kier alpha value is -2.25. The van der Waals surface area contributed by atoms with Crippen LogP contribution in [0.15, 0.2) is 73.1 Å². The Morgan fingerprint density at radius 3 is 1.27 bits per heavy atom. The average molecular weight is 667 g/mol. The number of hydrogen-bond acceptors (Lipinski definition) is 6. The summed E-state index contributed by atoms with van der Waals surface area (Å²) in [6, 6.07) is 18.7. The zero-order valence-electron chi connectivity index (χ0n) is 19.9. The van der Waals surface area contributed by atoms with Crippen molar-refractivity contribution in [2.75, 3.05) is 0 Å². The second-order valence-electron chi connectivity index (χ2n) is 6.32. The van der Waals surface area contributed by atoms with Crippen molar-refractivity contribution in [3.63, 3.8) is 0 Å².